The molecule has 0 unspecified atom stereocenters. The SMILES string of the molecule is COCCOc1nc(N)c2[nH]c(=O)n(Cc3ccc(C(=O)C(C)C)cc3)c2n1. The molecule has 0 fully saturated rings. The number of methoxy groups -OCH3 is 1. The molecule has 1 aromatic carbocycles. The topological polar surface area (TPSA) is 125 Å². The molecule has 2 heterocycles. The van der Waals surface area contributed by atoms with Crippen molar-refractivity contribution in [1.29, 1.82) is 0 Å². The highest BCUT2D eigenvalue weighted by molar-refractivity contribution is 5.97. The molecule has 0 spiro atoms. The van der Waals surface area contributed by atoms with E-state index in [-0.39, 0.29) is 42.4 Å². The summed E-state index contributed by atoms with van der Waals surface area (Å²) in [5.74, 6) is 0.138. The van der Waals surface area contributed by atoms with Crippen molar-refractivity contribution in [2.24, 2.45) is 5.92 Å². The summed E-state index contributed by atoms with van der Waals surface area (Å²) < 4.78 is 11.8. The van der Waals surface area contributed by atoms with Crippen LogP contribution in [0.4, 0.5) is 5.82 Å². The van der Waals surface area contributed by atoms with Gasteiger partial charge < -0.3 is 20.2 Å². The van der Waals surface area contributed by atoms with Crippen molar-refractivity contribution in [2.75, 3.05) is 26.1 Å². The highest BCUT2D eigenvalue weighted by Crippen LogP contribution is 2.19. The quantitative estimate of drug-likeness (QED) is 0.446. The van der Waals surface area contributed by atoms with Gasteiger partial charge in [0.15, 0.2) is 17.2 Å². The number of anilines is 1. The summed E-state index contributed by atoms with van der Waals surface area (Å²) in [6.45, 7) is 4.63. The van der Waals surface area contributed by atoms with Gasteiger partial charge in [0.25, 0.3) is 0 Å². The number of carbonyl (C=O) groups is 1. The van der Waals surface area contributed by atoms with Crippen LogP contribution < -0.4 is 16.2 Å². The summed E-state index contributed by atoms with van der Waals surface area (Å²) in [4.78, 5) is 35.5. The second-order valence-electron chi connectivity index (χ2n) is 6.66. The number of fused-ring (bicyclic) bond motifs is 1. The number of nitrogens with two attached hydrogens (primary N) is 1. The molecule has 3 N–H and O–H groups in total. The number of carbonyl (C=O) groups excluding carboxylic acids is 1. The predicted octanol–water partition coefficient (Wildman–Crippen LogP) is 1.61. The minimum absolute atomic E-state index is 0.0710. The second kappa shape index (κ2) is 8.22. The van der Waals surface area contributed by atoms with Gasteiger partial charge in [0.1, 0.15) is 12.1 Å². The highest BCUT2D eigenvalue weighted by atomic mass is 16.5. The van der Waals surface area contributed by atoms with Crippen LogP contribution >= 0.6 is 0 Å². The van der Waals surface area contributed by atoms with Crippen LogP contribution in [0, 0.1) is 5.92 Å². The molecule has 148 valence electrons. The Morgan fingerprint density at radius 1 is 1.21 bits per heavy atom. The van der Waals surface area contributed by atoms with Crippen LogP contribution in [0.25, 0.3) is 11.2 Å². The Bertz CT molecular complexity index is 1040. The van der Waals surface area contributed by atoms with Gasteiger partial charge in [-0.15, -0.1) is 0 Å². The van der Waals surface area contributed by atoms with Crippen LogP contribution in [0.1, 0.15) is 29.8 Å². The van der Waals surface area contributed by atoms with Crippen molar-refractivity contribution < 1.29 is 14.3 Å². The van der Waals surface area contributed by atoms with Gasteiger partial charge in [-0.25, -0.2) is 4.79 Å². The molecule has 0 aliphatic carbocycles. The lowest BCUT2D eigenvalue weighted by Gasteiger charge is -2.08. The molecule has 0 aliphatic rings. The van der Waals surface area contributed by atoms with Gasteiger partial charge in [0.2, 0.25) is 0 Å². The molecule has 0 bridgehead atoms. The number of nitrogen functional groups attached to an aromatic ring is 1. The van der Waals surface area contributed by atoms with E-state index in [1.807, 2.05) is 26.0 Å². The van der Waals surface area contributed by atoms with Gasteiger partial charge in [0.05, 0.1) is 13.2 Å². The molecule has 3 rings (SSSR count). The number of benzene rings is 1. The Morgan fingerprint density at radius 2 is 1.93 bits per heavy atom. The smallest absolute Gasteiger partial charge is 0.328 e. The van der Waals surface area contributed by atoms with Crippen molar-refractivity contribution in [1.82, 2.24) is 19.5 Å². The zero-order valence-electron chi connectivity index (χ0n) is 16.1. The fraction of sp³-hybridized carbons (Fsp3) is 0.368. The average molecular weight is 385 g/mol. The van der Waals surface area contributed by atoms with Crippen LogP contribution in [0.15, 0.2) is 29.1 Å². The summed E-state index contributed by atoms with van der Waals surface area (Å²) >= 11 is 0. The molecule has 2 aromatic heterocycles. The lowest BCUT2D eigenvalue weighted by molar-refractivity contribution is 0.0939. The lowest BCUT2D eigenvalue weighted by Crippen LogP contribution is -2.18. The third-order valence-electron chi connectivity index (χ3n) is 4.25. The number of nitrogens with zero attached hydrogens (tertiary/aromatic N) is 3. The highest BCUT2D eigenvalue weighted by Gasteiger charge is 2.15. The molecule has 28 heavy (non-hydrogen) atoms. The Hall–Kier alpha value is -3.20. The van der Waals surface area contributed by atoms with Gasteiger partial charge in [-0.05, 0) is 5.56 Å². The second-order valence-corrected chi connectivity index (χ2v) is 6.66. The first-order valence-corrected chi connectivity index (χ1v) is 8.91. The number of aromatic amines is 1. The maximum absolute atomic E-state index is 12.4. The normalized spacial score (nSPS) is 11.3. The van der Waals surface area contributed by atoms with E-state index in [4.69, 9.17) is 15.2 Å². The third-order valence-corrected chi connectivity index (χ3v) is 4.25. The summed E-state index contributed by atoms with van der Waals surface area (Å²) in [6, 6.07) is 7.25. The van der Waals surface area contributed by atoms with Crippen molar-refractivity contribution in [3.63, 3.8) is 0 Å². The summed E-state index contributed by atoms with van der Waals surface area (Å²) in [7, 11) is 1.56. The summed E-state index contributed by atoms with van der Waals surface area (Å²) in [5, 5.41) is 0. The first kappa shape index (κ1) is 19.6. The molecule has 0 amide bonds. The number of nitrogens with one attached hydrogen (secondary N) is 1. The van der Waals surface area contributed by atoms with E-state index < -0.39 is 0 Å². The van der Waals surface area contributed by atoms with E-state index in [1.165, 1.54) is 4.57 Å². The number of hydrogen-bond acceptors (Lipinski definition) is 7. The number of ketones is 1. The van der Waals surface area contributed by atoms with E-state index in [0.29, 0.717) is 23.3 Å². The van der Waals surface area contributed by atoms with Crippen molar-refractivity contribution >= 4 is 22.8 Å². The van der Waals surface area contributed by atoms with E-state index in [9.17, 15) is 9.59 Å². The molecular weight excluding hydrogens is 362 g/mol. The van der Waals surface area contributed by atoms with Crippen LogP contribution in [-0.2, 0) is 11.3 Å². The average Bonchev–Trinajstić information content (AvgIpc) is 2.98. The lowest BCUT2D eigenvalue weighted by atomic mass is 10.00. The maximum Gasteiger partial charge on any atom is 0.328 e. The van der Waals surface area contributed by atoms with E-state index in [1.54, 1.807) is 19.2 Å². The first-order valence-electron chi connectivity index (χ1n) is 8.91. The number of imidazole rings is 1. The van der Waals surface area contributed by atoms with Crippen molar-refractivity contribution in [3.8, 4) is 6.01 Å². The van der Waals surface area contributed by atoms with Gasteiger partial charge in [-0.3, -0.25) is 9.36 Å². The monoisotopic (exact) mass is 385 g/mol. The molecular formula is C19H23N5O4. The molecule has 0 saturated carbocycles. The Morgan fingerprint density at radius 3 is 2.57 bits per heavy atom. The number of hydrogen-bond donors (Lipinski definition) is 2. The minimum Gasteiger partial charge on any atom is -0.461 e. The van der Waals surface area contributed by atoms with Gasteiger partial charge in [0, 0.05) is 18.6 Å². The third kappa shape index (κ3) is 4.04. The molecule has 0 atom stereocenters. The van der Waals surface area contributed by atoms with E-state index >= 15 is 0 Å². The zero-order chi connectivity index (χ0) is 20.3. The Kier molecular flexibility index (Phi) is 5.74. The first-order chi connectivity index (χ1) is 13.4. The number of ether oxygens (including phenoxy) is 2. The Labute approximate surface area is 161 Å². The maximum atomic E-state index is 12.4. The van der Waals surface area contributed by atoms with Gasteiger partial charge in [-0.1, -0.05) is 38.1 Å². The van der Waals surface area contributed by atoms with E-state index in [2.05, 4.69) is 15.0 Å². The van der Waals surface area contributed by atoms with Crippen LogP contribution in [0.3, 0.4) is 0 Å². The number of rotatable bonds is 8. The number of H-pyrrole nitrogens is 1. The minimum atomic E-state index is -0.354. The van der Waals surface area contributed by atoms with E-state index in [0.717, 1.165) is 5.56 Å². The molecule has 0 radical (unpaired) electrons. The summed E-state index contributed by atoms with van der Waals surface area (Å²) in [6.07, 6.45) is 0. The van der Waals surface area contributed by atoms with Crippen LogP contribution in [-0.4, -0.2) is 45.6 Å². The van der Waals surface area contributed by atoms with Crippen molar-refractivity contribution in [2.45, 2.75) is 20.4 Å². The predicted molar refractivity (Wildman–Crippen MR) is 105 cm³/mol. The molecule has 9 nitrogen and oxygen atoms in total. The number of Topliss-reactive ketones (excluding diaryl/α,β-unsaturated/α-hetero) is 1. The molecule has 9 heteroatoms. The van der Waals surface area contributed by atoms with Crippen LogP contribution in [0.2, 0.25) is 0 Å². The molecule has 0 aliphatic heterocycles. The molecule has 3 aromatic rings. The molecule has 0 saturated heterocycles. The van der Waals surface area contributed by atoms with Crippen molar-refractivity contribution in [3.05, 3.63) is 45.9 Å². The zero-order valence-corrected chi connectivity index (χ0v) is 16.1. The van der Waals surface area contributed by atoms with Gasteiger partial charge in [-0.2, -0.15) is 9.97 Å². The van der Waals surface area contributed by atoms with Crippen LogP contribution in [0.5, 0.6) is 6.01 Å². The number of aromatic nitrogens is 4. The fourth-order valence-corrected chi connectivity index (χ4v) is 2.75. The fourth-order valence-electron chi connectivity index (χ4n) is 2.75. The standard InChI is InChI=1S/C19H23N5O4/c1-11(2)15(25)13-6-4-12(5-7-13)10-24-17-14(21-19(24)26)16(20)22-18(23-17)28-9-8-27-3/h4-7,11H,8-10H2,1-3H3,(H,21,26)(H2,20,22,23). The van der Waals surface area contributed by atoms with Gasteiger partial charge >= 0.3 is 11.7 Å². The largest absolute Gasteiger partial charge is 0.461 e. The summed E-state index contributed by atoms with van der Waals surface area (Å²) in [5.41, 5.74) is 7.79. The Balaban J connectivity index is 1.91.